The van der Waals surface area contributed by atoms with Gasteiger partial charge in [-0.15, -0.1) is 11.3 Å². The van der Waals surface area contributed by atoms with E-state index in [1.54, 1.807) is 6.92 Å². The lowest BCUT2D eigenvalue weighted by Crippen LogP contribution is -2.47. The molecule has 1 aliphatic rings. The quantitative estimate of drug-likeness (QED) is 0.536. The topological polar surface area (TPSA) is 117 Å². The first-order valence-corrected chi connectivity index (χ1v) is 9.26. The number of hydrogen-bond acceptors (Lipinski definition) is 6. The number of carbonyl (C=O) groups excluding carboxylic acids is 2. The van der Waals surface area contributed by atoms with Crippen molar-refractivity contribution < 1.29 is 24.2 Å². The van der Waals surface area contributed by atoms with Gasteiger partial charge in [0.05, 0.1) is 7.11 Å². The van der Waals surface area contributed by atoms with E-state index in [0.717, 1.165) is 16.9 Å². The van der Waals surface area contributed by atoms with Crippen molar-refractivity contribution >= 4 is 41.0 Å². The third-order valence-electron chi connectivity index (χ3n) is 4.29. The van der Waals surface area contributed by atoms with Crippen LogP contribution in [0.4, 0.5) is 15.3 Å². The molecule has 1 unspecified atom stereocenters. The molecule has 0 saturated heterocycles. The van der Waals surface area contributed by atoms with E-state index in [0.29, 0.717) is 17.1 Å². The molecular weight excluding hydrogens is 384 g/mol. The maximum absolute atomic E-state index is 12.3. The van der Waals surface area contributed by atoms with Crippen LogP contribution in [0, 0.1) is 0 Å². The Morgan fingerprint density at radius 2 is 1.96 bits per heavy atom. The van der Waals surface area contributed by atoms with Crippen molar-refractivity contribution in [3.63, 3.8) is 0 Å². The van der Waals surface area contributed by atoms with E-state index in [2.05, 4.69) is 15.7 Å². The average Bonchev–Trinajstić information content (AvgIpc) is 3.26. The highest BCUT2D eigenvalue weighted by Gasteiger charge is 2.50. The van der Waals surface area contributed by atoms with Crippen LogP contribution in [0.25, 0.3) is 0 Å². The number of amides is 3. The highest BCUT2D eigenvalue weighted by atomic mass is 32.1. The number of esters is 1. The average molecular weight is 403 g/mol. The Morgan fingerprint density at radius 1 is 1.25 bits per heavy atom. The smallest absolute Gasteiger partial charge is 0.465 e. The second-order valence-corrected chi connectivity index (χ2v) is 6.98. The van der Waals surface area contributed by atoms with Crippen LogP contribution in [0.1, 0.15) is 27.0 Å². The van der Waals surface area contributed by atoms with E-state index >= 15 is 0 Å². The molecule has 0 saturated carbocycles. The van der Waals surface area contributed by atoms with Crippen LogP contribution in [0.15, 0.2) is 41.5 Å². The Kier molecular flexibility index (Phi) is 5.43. The monoisotopic (exact) mass is 403 g/mol. The summed E-state index contributed by atoms with van der Waals surface area (Å²) in [7, 11) is 1.25. The minimum absolute atomic E-state index is 0.102. The summed E-state index contributed by atoms with van der Waals surface area (Å²) in [5.41, 5.74) is 1.23. The molecule has 2 heterocycles. The molecule has 1 aromatic heterocycles. The van der Waals surface area contributed by atoms with Crippen LogP contribution in [-0.2, 0) is 11.3 Å². The van der Waals surface area contributed by atoms with Gasteiger partial charge in [-0.25, -0.2) is 9.59 Å². The number of nitrogens with one attached hydrogen (secondary N) is 2. The number of rotatable bonds is 4. The molecule has 1 aliphatic heterocycles. The SMILES string of the molecule is CC[N+]1(C(=O)O)N=C(NC(=O)NCc2ccccc2)c2sc(C(=O)OC)cc21. The van der Waals surface area contributed by atoms with E-state index in [1.165, 1.54) is 13.2 Å². The summed E-state index contributed by atoms with van der Waals surface area (Å²) < 4.78 is 3.96. The number of thiophene rings is 1. The molecule has 10 heteroatoms. The maximum Gasteiger partial charge on any atom is 0.546 e. The number of carboxylic acid groups (broad SMARTS) is 1. The molecule has 3 N–H and O–H groups in total. The summed E-state index contributed by atoms with van der Waals surface area (Å²) in [4.78, 5) is 36.8. The van der Waals surface area contributed by atoms with Crippen LogP contribution in [0.2, 0.25) is 0 Å². The predicted octanol–water partition coefficient (Wildman–Crippen LogP) is 2.71. The Bertz CT molecular complexity index is 956. The first-order chi connectivity index (χ1) is 13.4. The largest absolute Gasteiger partial charge is 0.546 e. The Labute approximate surface area is 164 Å². The second-order valence-electron chi connectivity index (χ2n) is 5.93. The van der Waals surface area contributed by atoms with Crippen LogP contribution < -0.4 is 15.2 Å². The zero-order valence-corrected chi connectivity index (χ0v) is 16.1. The number of fused-ring (bicyclic) bond motifs is 1. The summed E-state index contributed by atoms with van der Waals surface area (Å²) in [6, 6.07) is 10.3. The van der Waals surface area contributed by atoms with Gasteiger partial charge >= 0.3 is 18.1 Å². The van der Waals surface area contributed by atoms with Gasteiger partial charge in [-0.05, 0) is 17.6 Å². The number of hydrogen-bond donors (Lipinski definition) is 3. The molecule has 0 fully saturated rings. The van der Waals surface area contributed by atoms with Crippen molar-refractivity contribution in [1.29, 1.82) is 0 Å². The number of ether oxygens (including phenoxy) is 1. The molecule has 3 amide bonds. The fourth-order valence-electron chi connectivity index (χ4n) is 2.83. The van der Waals surface area contributed by atoms with Gasteiger partial charge in [0.1, 0.15) is 16.3 Å². The van der Waals surface area contributed by atoms with Crippen LogP contribution >= 0.6 is 11.3 Å². The molecule has 28 heavy (non-hydrogen) atoms. The number of carbonyl (C=O) groups is 3. The lowest BCUT2D eigenvalue weighted by molar-refractivity contribution is 0.0606. The molecule has 1 aromatic carbocycles. The zero-order chi connectivity index (χ0) is 20.3. The van der Waals surface area contributed by atoms with E-state index in [1.807, 2.05) is 30.3 Å². The van der Waals surface area contributed by atoms with Crippen molar-refractivity contribution in [1.82, 2.24) is 15.2 Å². The summed E-state index contributed by atoms with van der Waals surface area (Å²) in [5, 5.41) is 19.3. The van der Waals surface area contributed by atoms with Gasteiger partial charge in [0.2, 0.25) is 5.84 Å². The molecule has 0 bridgehead atoms. The number of urea groups is 1. The summed E-state index contributed by atoms with van der Waals surface area (Å²) >= 11 is 1.03. The Balaban J connectivity index is 1.85. The van der Waals surface area contributed by atoms with Gasteiger partial charge in [0, 0.05) is 12.6 Å². The number of methoxy groups -OCH3 is 1. The van der Waals surface area contributed by atoms with Crippen molar-refractivity contribution in [2.45, 2.75) is 13.5 Å². The van der Waals surface area contributed by atoms with Gasteiger partial charge in [0.25, 0.3) is 0 Å². The van der Waals surface area contributed by atoms with Crippen molar-refractivity contribution in [3.05, 3.63) is 51.7 Å². The molecule has 1 atom stereocenters. The number of amidine groups is 1. The Hall–Kier alpha value is -3.24. The van der Waals surface area contributed by atoms with Crippen LogP contribution in [-0.4, -0.2) is 42.7 Å². The van der Waals surface area contributed by atoms with E-state index in [4.69, 9.17) is 4.74 Å². The molecule has 2 aromatic rings. The molecule has 146 valence electrons. The van der Waals surface area contributed by atoms with Gasteiger partial charge in [0.15, 0.2) is 5.69 Å². The maximum atomic E-state index is 12.3. The number of benzene rings is 1. The molecular formula is C18H19N4O5S+. The minimum Gasteiger partial charge on any atom is -0.465 e. The molecule has 9 nitrogen and oxygen atoms in total. The Morgan fingerprint density at radius 3 is 2.57 bits per heavy atom. The fraction of sp³-hybridized carbons (Fsp3) is 0.222. The third kappa shape index (κ3) is 3.47. The van der Waals surface area contributed by atoms with E-state index < -0.39 is 22.7 Å². The number of quaternary nitrogens is 1. The predicted molar refractivity (Wildman–Crippen MR) is 104 cm³/mol. The highest BCUT2D eigenvalue weighted by molar-refractivity contribution is 7.16. The van der Waals surface area contributed by atoms with Crippen LogP contribution in [0.5, 0.6) is 0 Å². The zero-order valence-electron chi connectivity index (χ0n) is 15.3. The molecule has 0 spiro atoms. The molecule has 3 rings (SSSR count). The standard InChI is InChI=1S/C18H18N4O5S/c1-3-22(18(25)26)12-9-13(16(23)27-2)28-14(12)15(21-22)20-17(24)19-10-11-7-5-4-6-8-11/h4-9H,3,10H2,1-2H3,(H2-,19,20,21,24,25,26)/p+1. The third-order valence-corrected chi connectivity index (χ3v) is 5.40. The van der Waals surface area contributed by atoms with Gasteiger partial charge in [-0.2, -0.15) is 4.79 Å². The van der Waals surface area contributed by atoms with Crippen LogP contribution in [0.3, 0.4) is 0 Å². The van der Waals surface area contributed by atoms with Crippen molar-refractivity contribution in [2.75, 3.05) is 13.7 Å². The first-order valence-electron chi connectivity index (χ1n) is 8.45. The molecule has 0 radical (unpaired) electrons. The minimum atomic E-state index is -1.21. The second kappa shape index (κ2) is 7.79. The lowest BCUT2D eigenvalue weighted by atomic mass is 10.2. The van der Waals surface area contributed by atoms with Crippen molar-refractivity contribution in [3.8, 4) is 0 Å². The normalized spacial score (nSPS) is 17.4. The summed E-state index contributed by atoms with van der Waals surface area (Å²) in [6.07, 6.45) is -1.21. The summed E-state index contributed by atoms with van der Waals surface area (Å²) in [5.74, 6) is -0.475. The van der Waals surface area contributed by atoms with E-state index in [-0.39, 0.29) is 17.3 Å². The lowest BCUT2D eigenvalue weighted by Gasteiger charge is -2.19. The molecule has 0 aliphatic carbocycles. The fourth-order valence-corrected chi connectivity index (χ4v) is 3.89. The van der Waals surface area contributed by atoms with Gasteiger partial charge < -0.3 is 15.2 Å². The van der Waals surface area contributed by atoms with E-state index in [9.17, 15) is 19.5 Å². The van der Waals surface area contributed by atoms with Gasteiger partial charge in [-0.1, -0.05) is 34.9 Å². The first kappa shape index (κ1) is 19.5. The summed E-state index contributed by atoms with van der Waals surface area (Å²) in [6.45, 7) is 2.07. The highest BCUT2D eigenvalue weighted by Crippen LogP contribution is 2.41. The number of nitrogens with zero attached hydrogens (tertiary/aromatic N) is 2. The van der Waals surface area contributed by atoms with Crippen molar-refractivity contribution in [2.24, 2.45) is 5.10 Å². The van der Waals surface area contributed by atoms with Gasteiger partial charge in [-0.3, -0.25) is 5.32 Å².